The molecule has 0 saturated carbocycles. The predicted octanol–water partition coefficient (Wildman–Crippen LogP) is 0.966. The summed E-state index contributed by atoms with van der Waals surface area (Å²) in [6, 6.07) is 0. The largest absolute Gasteiger partial charge is 0.396 e. The molecule has 1 aromatic heterocycles. The number of carbonyl (C=O) groups is 1. The van der Waals surface area contributed by atoms with Crippen LogP contribution in [0.4, 0.5) is 5.69 Å². The Balaban J connectivity index is 2.03. The number of aryl methyl sites for hydroxylation is 1. The highest BCUT2D eigenvalue weighted by Gasteiger charge is 2.29. The maximum absolute atomic E-state index is 12.4. The third-order valence-corrected chi connectivity index (χ3v) is 4.27. The molecule has 0 radical (unpaired) electrons. The van der Waals surface area contributed by atoms with Crippen LogP contribution in [0.15, 0.2) is 0 Å². The number of carbonyl (C=O) groups excluding carboxylic acids is 1. The summed E-state index contributed by atoms with van der Waals surface area (Å²) in [4.78, 5) is 14.2. The van der Waals surface area contributed by atoms with Crippen molar-refractivity contribution in [1.82, 2.24) is 14.7 Å². The summed E-state index contributed by atoms with van der Waals surface area (Å²) in [6.45, 7) is 7.60. The number of aromatic nitrogens is 2. The predicted molar refractivity (Wildman–Crippen MR) is 77.3 cm³/mol. The first-order valence-corrected chi connectivity index (χ1v) is 7.04. The van der Waals surface area contributed by atoms with Gasteiger partial charge in [0.15, 0.2) is 0 Å². The van der Waals surface area contributed by atoms with E-state index >= 15 is 0 Å². The Bertz CT molecular complexity index is 498. The minimum atomic E-state index is 0.0737. The molecule has 112 valence electrons. The van der Waals surface area contributed by atoms with Crippen molar-refractivity contribution >= 4 is 11.6 Å². The van der Waals surface area contributed by atoms with Gasteiger partial charge in [0.1, 0.15) is 6.54 Å². The van der Waals surface area contributed by atoms with Crippen molar-refractivity contribution in [2.24, 2.45) is 5.92 Å². The lowest BCUT2D eigenvalue weighted by Gasteiger charge is -2.36. The molecule has 0 aliphatic carbocycles. The van der Waals surface area contributed by atoms with Crippen LogP contribution in [0.25, 0.3) is 0 Å². The third kappa shape index (κ3) is 2.80. The van der Waals surface area contributed by atoms with Crippen LogP contribution in [0.3, 0.4) is 0 Å². The van der Waals surface area contributed by atoms with Gasteiger partial charge < -0.3 is 15.4 Å². The van der Waals surface area contributed by atoms with Crippen LogP contribution >= 0.6 is 0 Å². The second-order valence-electron chi connectivity index (χ2n) is 5.62. The lowest BCUT2D eigenvalue weighted by atomic mass is 9.96. The van der Waals surface area contributed by atoms with E-state index in [1.165, 1.54) is 0 Å². The van der Waals surface area contributed by atoms with Crippen LogP contribution in [-0.2, 0) is 16.1 Å². The summed E-state index contributed by atoms with van der Waals surface area (Å²) in [5, 5.41) is 4.31. The molecule has 2 atom stereocenters. The van der Waals surface area contributed by atoms with Gasteiger partial charge in [0.2, 0.25) is 5.91 Å². The van der Waals surface area contributed by atoms with E-state index in [0.717, 1.165) is 24.4 Å². The molecule has 20 heavy (non-hydrogen) atoms. The van der Waals surface area contributed by atoms with E-state index in [1.54, 1.807) is 11.8 Å². The minimum absolute atomic E-state index is 0.0737. The fourth-order valence-electron chi connectivity index (χ4n) is 2.66. The molecule has 0 spiro atoms. The van der Waals surface area contributed by atoms with Crippen molar-refractivity contribution in [2.75, 3.05) is 25.9 Å². The molecule has 1 aliphatic rings. The topological polar surface area (TPSA) is 73.4 Å². The summed E-state index contributed by atoms with van der Waals surface area (Å²) in [7, 11) is 1.71. The van der Waals surface area contributed by atoms with Crippen LogP contribution in [0.5, 0.6) is 0 Å². The summed E-state index contributed by atoms with van der Waals surface area (Å²) in [6.07, 6.45) is 1.10. The number of anilines is 1. The van der Waals surface area contributed by atoms with Crippen molar-refractivity contribution in [3.8, 4) is 0 Å². The van der Waals surface area contributed by atoms with Gasteiger partial charge in [0.25, 0.3) is 0 Å². The average molecular weight is 280 g/mol. The van der Waals surface area contributed by atoms with E-state index in [4.69, 9.17) is 10.5 Å². The van der Waals surface area contributed by atoms with Gasteiger partial charge in [-0.3, -0.25) is 9.48 Å². The number of likely N-dealkylation sites (tertiary alicyclic amines) is 1. The SMILES string of the molecule is COC1CN(C(=O)Cn2nc(C)c(N)c2C)CCC1C. The standard InChI is InChI=1S/C14H24N4O2/c1-9-5-6-17(7-12(9)20-4)13(19)8-18-11(3)14(15)10(2)16-18/h9,12H,5-8,15H2,1-4H3. The number of nitrogens with zero attached hydrogens (tertiary/aromatic N) is 3. The Morgan fingerprint density at radius 1 is 1.50 bits per heavy atom. The second kappa shape index (κ2) is 5.83. The zero-order chi connectivity index (χ0) is 14.9. The van der Waals surface area contributed by atoms with Crippen LogP contribution in [0.1, 0.15) is 24.7 Å². The molecule has 1 aromatic rings. The minimum Gasteiger partial charge on any atom is -0.396 e. The second-order valence-corrected chi connectivity index (χ2v) is 5.62. The van der Waals surface area contributed by atoms with Gasteiger partial charge in [-0.15, -0.1) is 0 Å². The summed E-state index contributed by atoms with van der Waals surface area (Å²) < 4.78 is 7.13. The number of amides is 1. The Morgan fingerprint density at radius 3 is 2.75 bits per heavy atom. The Labute approximate surface area is 119 Å². The summed E-state index contributed by atoms with van der Waals surface area (Å²) in [5.41, 5.74) is 8.18. The number of ether oxygens (including phenoxy) is 1. The lowest BCUT2D eigenvalue weighted by molar-refractivity contribution is -0.137. The molecule has 1 aliphatic heterocycles. The molecule has 6 nitrogen and oxygen atoms in total. The molecule has 2 heterocycles. The average Bonchev–Trinajstić information content (AvgIpc) is 2.66. The van der Waals surface area contributed by atoms with Gasteiger partial charge in [-0.25, -0.2) is 0 Å². The highest BCUT2D eigenvalue weighted by atomic mass is 16.5. The number of hydrogen-bond donors (Lipinski definition) is 1. The summed E-state index contributed by atoms with van der Waals surface area (Å²) >= 11 is 0. The highest BCUT2D eigenvalue weighted by Crippen LogP contribution is 2.20. The quantitative estimate of drug-likeness (QED) is 0.895. The molecule has 2 N–H and O–H groups in total. The number of methoxy groups -OCH3 is 1. The first-order chi connectivity index (χ1) is 9.43. The number of hydrogen-bond acceptors (Lipinski definition) is 4. The van der Waals surface area contributed by atoms with Crippen LogP contribution in [-0.4, -0.2) is 46.9 Å². The first kappa shape index (κ1) is 14.8. The first-order valence-electron chi connectivity index (χ1n) is 7.04. The molecular weight excluding hydrogens is 256 g/mol. The number of piperidine rings is 1. The Hall–Kier alpha value is -1.56. The van der Waals surface area contributed by atoms with Crippen LogP contribution in [0.2, 0.25) is 0 Å². The van der Waals surface area contributed by atoms with Crippen molar-refractivity contribution in [2.45, 2.75) is 39.8 Å². The maximum Gasteiger partial charge on any atom is 0.244 e. The zero-order valence-electron chi connectivity index (χ0n) is 12.7. The van der Waals surface area contributed by atoms with E-state index < -0.39 is 0 Å². The molecule has 1 saturated heterocycles. The normalized spacial score (nSPS) is 23.1. The van der Waals surface area contributed by atoms with E-state index in [9.17, 15) is 4.79 Å². The Kier molecular flexibility index (Phi) is 4.32. The summed E-state index contributed by atoms with van der Waals surface area (Å²) in [5.74, 6) is 0.568. The molecule has 1 fully saturated rings. The lowest BCUT2D eigenvalue weighted by Crippen LogP contribution is -2.47. The van der Waals surface area contributed by atoms with Gasteiger partial charge in [-0.05, 0) is 26.2 Å². The fourth-order valence-corrected chi connectivity index (χ4v) is 2.66. The van der Waals surface area contributed by atoms with Gasteiger partial charge in [0.05, 0.1) is 23.2 Å². The molecule has 1 amide bonds. The third-order valence-electron chi connectivity index (χ3n) is 4.27. The highest BCUT2D eigenvalue weighted by molar-refractivity contribution is 5.76. The fraction of sp³-hybridized carbons (Fsp3) is 0.714. The van der Waals surface area contributed by atoms with E-state index in [2.05, 4.69) is 12.0 Å². The van der Waals surface area contributed by atoms with Gasteiger partial charge >= 0.3 is 0 Å². The molecular formula is C14H24N4O2. The molecule has 2 rings (SSSR count). The molecule has 6 heteroatoms. The Morgan fingerprint density at radius 2 is 2.20 bits per heavy atom. The van der Waals surface area contributed by atoms with Crippen molar-refractivity contribution in [1.29, 1.82) is 0 Å². The van der Waals surface area contributed by atoms with Crippen molar-refractivity contribution < 1.29 is 9.53 Å². The van der Waals surface area contributed by atoms with E-state index in [1.807, 2.05) is 18.7 Å². The number of nitrogen functional groups attached to an aromatic ring is 1. The maximum atomic E-state index is 12.4. The van der Waals surface area contributed by atoms with E-state index in [0.29, 0.717) is 18.2 Å². The van der Waals surface area contributed by atoms with Crippen molar-refractivity contribution in [3.05, 3.63) is 11.4 Å². The van der Waals surface area contributed by atoms with Gasteiger partial charge in [-0.1, -0.05) is 6.92 Å². The van der Waals surface area contributed by atoms with Gasteiger partial charge in [0, 0.05) is 20.2 Å². The number of rotatable bonds is 3. The van der Waals surface area contributed by atoms with Crippen molar-refractivity contribution in [3.63, 3.8) is 0 Å². The smallest absolute Gasteiger partial charge is 0.244 e. The van der Waals surface area contributed by atoms with Gasteiger partial charge in [-0.2, -0.15) is 5.10 Å². The molecule has 0 bridgehead atoms. The monoisotopic (exact) mass is 280 g/mol. The van der Waals surface area contributed by atoms with Crippen LogP contribution in [0, 0.1) is 19.8 Å². The van der Waals surface area contributed by atoms with E-state index in [-0.39, 0.29) is 18.6 Å². The van der Waals surface area contributed by atoms with Crippen LogP contribution < -0.4 is 5.73 Å². The molecule has 2 unspecified atom stereocenters. The number of nitrogens with two attached hydrogens (primary N) is 1. The molecule has 0 aromatic carbocycles. The zero-order valence-corrected chi connectivity index (χ0v) is 12.7.